The van der Waals surface area contributed by atoms with Crippen molar-refractivity contribution in [1.29, 1.82) is 0 Å². The second-order valence-electron chi connectivity index (χ2n) is 4.75. The lowest BCUT2D eigenvalue weighted by Crippen LogP contribution is -1.98. The number of nitrogens with two attached hydrogens (primary N) is 1. The van der Waals surface area contributed by atoms with E-state index >= 15 is 0 Å². The Morgan fingerprint density at radius 3 is 2.38 bits per heavy atom. The Kier molecular flexibility index (Phi) is 3.75. The van der Waals surface area contributed by atoms with Crippen molar-refractivity contribution in [3.8, 4) is 17.2 Å². The quantitative estimate of drug-likeness (QED) is 0.782. The number of methoxy groups -OCH3 is 1. The lowest BCUT2D eigenvalue weighted by atomic mass is 10.0. The molecule has 3 aromatic rings. The van der Waals surface area contributed by atoms with Gasteiger partial charge in [-0.05, 0) is 29.1 Å². The monoisotopic (exact) mass is 279 g/mol. The lowest BCUT2D eigenvalue weighted by molar-refractivity contribution is 0.409. The van der Waals surface area contributed by atoms with Crippen LogP contribution in [0, 0.1) is 0 Å². The summed E-state index contributed by atoms with van der Waals surface area (Å²) in [6.45, 7) is 0.514. The van der Waals surface area contributed by atoms with Crippen LogP contribution < -0.4 is 15.2 Å². The Balaban J connectivity index is 2.04. The van der Waals surface area contributed by atoms with E-state index in [1.807, 2.05) is 54.6 Å². The summed E-state index contributed by atoms with van der Waals surface area (Å²) in [4.78, 5) is 0. The van der Waals surface area contributed by atoms with E-state index in [2.05, 4.69) is 6.07 Å². The fourth-order valence-corrected chi connectivity index (χ4v) is 2.39. The predicted octanol–water partition coefficient (Wildman–Crippen LogP) is 4.10. The molecule has 3 aromatic carbocycles. The molecular weight excluding hydrogens is 262 g/mol. The van der Waals surface area contributed by atoms with Crippen LogP contribution in [0.1, 0.15) is 5.56 Å². The summed E-state index contributed by atoms with van der Waals surface area (Å²) in [5.74, 6) is 2.34. The molecule has 106 valence electrons. The smallest absolute Gasteiger partial charge is 0.135 e. The minimum Gasteiger partial charge on any atom is -0.497 e. The maximum Gasteiger partial charge on any atom is 0.135 e. The van der Waals surface area contributed by atoms with Crippen molar-refractivity contribution in [2.24, 2.45) is 5.73 Å². The summed E-state index contributed by atoms with van der Waals surface area (Å²) < 4.78 is 11.2. The van der Waals surface area contributed by atoms with Crippen molar-refractivity contribution >= 4 is 10.8 Å². The number of ether oxygens (including phenoxy) is 2. The molecule has 0 heterocycles. The van der Waals surface area contributed by atoms with E-state index in [-0.39, 0.29) is 0 Å². The fourth-order valence-electron chi connectivity index (χ4n) is 2.39. The zero-order chi connectivity index (χ0) is 14.7. The third-order valence-electron chi connectivity index (χ3n) is 3.46. The molecule has 0 unspecified atom stereocenters. The van der Waals surface area contributed by atoms with Crippen LogP contribution in [0.2, 0.25) is 0 Å². The second kappa shape index (κ2) is 5.85. The molecule has 0 radical (unpaired) electrons. The molecule has 0 atom stereocenters. The summed E-state index contributed by atoms with van der Waals surface area (Å²) in [7, 11) is 1.64. The molecule has 0 saturated carbocycles. The topological polar surface area (TPSA) is 44.5 Å². The molecule has 0 aliphatic carbocycles. The molecule has 3 heteroatoms. The maximum atomic E-state index is 6.01. The first-order valence-electron chi connectivity index (χ1n) is 6.84. The molecule has 0 fully saturated rings. The van der Waals surface area contributed by atoms with Crippen LogP contribution in [0.3, 0.4) is 0 Å². The van der Waals surface area contributed by atoms with Gasteiger partial charge in [0.1, 0.15) is 17.2 Å². The van der Waals surface area contributed by atoms with E-state index in [1.165, 1.54) is 0 Å². The summed E-state index contributed by atoms with van der Waals surface area (Å²) in [6.07, 6.45) is 0. The first-order valence-corrected chi connectivity index (χ1v) is 6.84. The number of benzene rings is 3. The van der Waals surface area contributed by atoms with Crippen LogP contribution in [-0.4, -0.2) is 7.11 Å². The van der Waals surface area contributed by atoms with Gasteiger partial charge in [0, 0.05) is 18.0 Å². The standard InChI is InChI=1S/C18H17NO2/c1-20-14-5-4-6-15(11-14)21-18-10-9-13(12-19)16-7-2-3-8-17(16)18/h2-11H,12,19H2,1H3. The fraction of sp³-hybridized carbons (Fsp3) is 0.111. The normalized spacial score (nSPS) is 10.6. The van der Waals surface area contributed by atoms with Crippen molar-refractivity contribution in [3.05, 3.63) is 66.2 Å². The Hall–Kier alpha value is -2.52. The van der Waals surface area contributed by atoms with Gasteiger partial charge in [0.2, 0.25) is 0 Å². The van der Waals surface area contributed by atoms with E-state index in [0.717, 1.165) is 33.6 Å². The highest BCUT2D eigenvalue weighted by Crippen LogP contribution is 2.32. The van der Waals surface area contributed by atoms with Gasteiger partial charge in [0.25, 0.3) is 0 Å². The summed E-state index contributed by atoms with van der Waals surface area (Å²) in [6, 6.07) is 19.7. The SMILES string of the molecule is COc1cccc(Oc2ccc(CN)c3ccccc23)c1. The van der Waals surface area contributed by atoms with Crippen molar-refractivity contribution in [3.63, 3.8) is 0 Å². The highest BCUT2D eigenvalue weighted by molar-refractivity contribution is 5.91. The Labute approximate surface area is 123 Å². The van der Waals surface area contributed by atoms with Crippen LogP contribution in [-0.2, 0) is 6.54 Å². The van der Waals surface area contributed by atoms with Crippen LogP contribution >= 0.6 is 0 Å². The number of hydrogen-bond donors (Lipinski definition) is 1. The van der Waals surface area contributed by atoms with Gasteiger partial charge in [-0.2, -0.15) is 0 Å². The van der Waals surface area contributed by atoms with E-state index in [1.54, 1.807) is 7.11 Å². The zero-order valence-corrected chi connectivity index (χ0v) is 11.9. The van der Waals surface area contributed by atoms with E-state index < -0.39 is 0 Å². The van der Waals surface area contributed by atoms with Crippen molar-refractivity contribution in [1.82, 2.24) is 0 Å². The molecule has 3 rings (SSSR count). The molecule has 2 N–H and O–H groups in total. The van der Waals surface area contributed by atoms with Crippen molar-refractivity contribution in [2.45, 2.75) is 6.54 Å². The lowest BCUT2D eigenvalue weighted by Gasteiger charge is -2.12. The molecule has 21 heavy (non-hydrogen) atoms. The van der Waals surface area contributed by atoms with Gasteiger partial charge in [-0.1, -0.05) is 36.4 Å². The van der Waals surface area contributed by atoms with Gasteiger partial charge < -0.3 is 15.2 Å². The Morgan fingerprint density at radius 1 is 0.857 bits per heavy atom. The van der Waals surface area contributed by atoms with E-state index in [9.17, 15) is 0 Å². The Morgan fingerprint density at radius 2 is 1.62 bits per heavy atom. The molecule has 0 saturated heterocycles. The molecule has 3 nitrogen and oxygen atoms in total. The predicted molar refractivity (Wildman–Crippen MR) is 84.9 cm³/mol. The van der Waals surface area contributed by atoms with Gasteiger partial charge in [-0.15, -0.1) is 0 Å². The van der Waals surface area contributed by atoms with Gasteiger partial charge in [0.05, 0.1) is 7.11 Å². The van der Waals surface area contributed by atoms with Crippen molar-refractivity contribution < 1.29 is 9.47 Å². The van der Waals surface area contributed by atoms with Crippen LogP contribution in [0.5, 0.6) is 17.2 Å². The summed E-state index contributed by atoms with van der Waals surface area (Å²) >= 11 is 0. The van der Waals surface area contributed by atoms with Gasteiger partial charge in [-0.3, -0.25) is 0 Å². The highest BCUT2D eigenvalue weighted by Gasteiger charge is 2.07. The Bertz CT molecular complexity index is 768. The first-order chi connectivity index (χ1) is 10.3. The molecule has 0 aliphatic heterocycles. The van der Waals surface area contributed by atoms with Gasteiger partial charge in [-0.25, -0.2) is 0 Å². The first kappa shape index (κ1) is 13.5. The van der Waals surface area contributed by atoms with Crippen LogP contribution in [0.25, 0.3) is 10.8 Å². The molecule has 0 amide bonds. The third kappa shape index (κ3) is 2.69. The summed E-state index contributed by atoms with van der Waals surface area (Å²) in [5, 5.41) is 2.18. The minimum absolute atomic E-state index is 0.514. The van der Waals surface area contributed by atoms with Crippen molar-refractivity contribution in [2.75, 3.05) is 7.11 Å². The summed E-state index contributed by atoms with van der Waals surface area (Å²) in [5.41, 5.74) is 6.91. The minimum atomic E-state index is 0.514. The largest absolute Gasteiger partial charge is 0.497 e. The number of fused-ring (bicyclic) bond motifs is 1. The average molecular weight is 279 g/mol. The molecule has 0 bridgehead atoms. The molecule has 0 spiro atoms. The third-order valence-corrected chi connectivity index (χ3v) is 3.46. The second-order valence-corrected chi connectivity index (χ2v) is 4.75. The maximum absolute atomic E-state index is 6.01. The molecule has 0 aliphatic rings. The van der Waals surface area contributed by atoms with Gasteiger partial charge >= 0.3 is 0 Å². The van der Waals surface area contributed by atoms with Gasteiger partial charge in [0.15, 0.2) is 0 Å². The average Bonchev–Trinajstić information content (AvgIpc) is 2.55. The molecular formula is C18H17NO2. The van der Waals surface area contributed by atoms with Crippen LogP contribution in [0.15, 0.2) is 60.7 Å². The zero-order valence-electron chi connectivity index (χ0n) is 11.9. The number of rotatable bonds is 4. The van der Waals surface area contributed by atoms with E-state index in [0.29, 0.717) is 6.54 Å². The molecule has 0 aromatic heterocycles. The van der Waals surface area contributed by atoms with E-state index in [4.69, 9.17) is 15.2 Å². The number of hydrogen-bond acceptors (Lipinski definition) is 3. The highest BCUT2D eigenvalue weighted by atomic mass is 16.5. The van der Waals surface area contributed by atoms with Crippen LogP contribution in [0.4, 0.5) is 0 Å².